The number of hydrogen-bond acceptors (Lipinski definition) is 6. The second kappa shape index (κ2) is 6.45. The first kappa shape index (κ1) is 17.4. The van der Waals surface area contributed by atoms with E-state index in [1.165, 1.54) is 18.4 Å². The van der Waals surface area contributed by atoms with Gasteiger partial charge in [-0.15, -0.1) is 0 Å². The molecule has 9 nitrogen and oxygen atoms in total. The van der Waals surface area contributed by atoms with Crippen LogP contribution in [-0.2, 0) is 23.0 Å². The van der Waals surface area contributed by atoms with Gasteiger partial charge >= 0.3 is 12.0 Å². The van der Waals surface area contributed by atoms with Gasteiger partial charge in [-0.2, -0.15) is 4.98 Å². The zero-order chi connectivity index (χ0) is 18.2. The lowest BCUT2D eigenvalue weighted by Crippen LogP contribution is -2.39. The predicted octanol–water partition coefficient (Wildman–Crippen LogP) is 1.22. The third-order valence-corrected chi connectivity index (χ3v) is 5.91. The van der Waals surface area contributed by atoms with Gasteiger partial charge < -0.3 is 9.42 Å². The largest absolute Gasteiger partial charge is 0.329 e. The molecule has 0 bridgehead atoms. The molecule has 0 atom stereocenters. The third kappa shape index (κ3) is 3.35. The number of nitrogens with zero attached hydrogens (tertiary/aromatic N) is 4. The minimum absolute atomic E-state index is 0.0391. The molecule has 2 heterocycles. The first-order chi connectivity index (χ1) is 11.8. The Bertz CT molecular complexity index is 906. The number of urea groups is 1. The SMILES string of the molecule is Cc1noc(NC(=O)N2CCc3c(cccc3S(=O)(=O)N(C)C)C2)n1. The van der Waals surface area contributed by atoms with E-state index in [0.29, 0.717) is 30.2 Å². The van der Waals surface area contributed by atoms with Crippen LogP contribution in [0.3, 0.4) is 0 Å². The van der Waals surface area contributed by atoms with Crippen LogP contribution in [-0.4, -0.2) is 54.4 Å². The quantitative estimate of drug-likeness (QED) is 0.876. The van der Waals surface area contributed by atoms with Gasteiger partial charge in [-0.25, -0.2) is 17.5 Å². The maximum absolute atomic E-state index is 12.5. The van der Waals surface area contributed by atoms with Crippen LogP contribution in [0, 0.1) is 6.92 Å². The normalized spacial score (nSPS) is 14.5. The van der Waals surface area contributed by atoms with Crippen LogP contribution < -0.4 is 5.32 Å². The Kier molecular flexibility index (Phi) is 4.48. The van der Waals surface area contributed by atoms with E-state index in [-0.39, 0.29) is 12.0 Å². The van der Waals surface area contributed by atoms with Crippen molar-refractivity contribution in [2.45, 2.75) is 24.8 Å². The Morgan fingerprint density at radius 2 is 2.12 bits per heavy atom. The molecule has 0 radical (unpaired) electrons. The molecule has 0 fully saturated rings. The zero-order valence-electron chi connectivity index (χ0n) is 14.2. The topological polar surface area (TPSA) is 109 Å². The third-order valence-electron chi connectivity index (χ3n) is 4.01. The molecule has 0 spiro atoms. The number of rotatable bonds is 3. The molecule has 0 saturated carbocycles. The molecule has 1 aliphatic rings. The van der Waals surface area contributed by atoms with E-state index in [4.69, 9.17) is 4.52 Å². The molecule has 10 heteroatoms. The van der Waals surface area contributed by atoms with Crippen molar-refractivity contribution < 1.29 is 17.7 Å². The van der Waals surface area contributed by atoms with Gasteiger partial charge in [0.05, 0.1) is 4.90 Å². The molecule has 1 aromatic heterocycles. The standard InChI is InChI=1S/C15H19N5O4S/c1-10-16-14(24-18-10)17-15(21)20-8-7-12-11(9-20)5-4-6-13(12)25(22,23)19(2)3/h4-6H,7-9H2,1-3H3,(H,16,17,18,21). The Balaban J connectivity index is 1.81. The highest BCUT2D eigenvalue weighted by Gasteiger charge is 2.28. The summed E-state index contributed by atoms with van der Waals surface area (Å²) in [6.07, 6.45) is 0.453. The number of amides is 2. The molecule has 1 aromatic carbocycles. The maximum atomic E-state index is 12.5. The van der Waals surface area contributed by atoms with Crippen LogP contribution in [0.5, 0.6) is 0 Å². The van der Waals surface area contributed by atoms with Gasteiger partial charge in [0.15, 0.2) is 5.82 Å². The minimum Gasteiger partial charge on any atom is -0.320 e. The van der Waals surface area contributed by atoms with Crippen molar-refractivity contribution in [3.8, 4) is 0 Å². The molecule has 134 valence electrons. The number of carbonyl (C=O) groups is 1. The summed E-state index contributed by atoms with van der Waals surface area (Å²) in [5, 5.41) is 6.16. The second-order valence-electron chi connectivity index (χ2n) is 5.93. The number of aromatic nitrogens is 2. The molecular weight excluding hydrogens is 346 g/mol. The van der Waals surface area contributed by atoms with Gasteiger partial charge in [-0.1, -0.05) is 17.3 Å². The fourth-order valence-corrected chi connectivity index (χ4v) is 3.89. The van der Waals surface area contributed by atoms with E-state index in [1.807, 2.05) is 6.07 Å². The van der Waals surface area contributed by atoms with E-state index >= 15 is 0 Å². The van der Waals surface area contributed by atoms with E-state index in [0.717, 1.165) is 11.1 Å². The smallest absolute Gasteiger partial charge is 0.320 e. The number of anilines is 1. The van der Waals surface area contributed by atoms with Crippen molar-refractivity contribution in [1.29, 1.82) is 0 Å². The molecule has 25 heavy (non-hydrogen) atoms. The van der Waals surface area contributed by atoms with E-state index in [9.17, 15) is 13.2 Å². The van der Waals surface area contributed by atoms with Crippen LogP contribution in [0.25, 0.3) is 0 Å². The van der Waals surface area contributed by atoms with Crippen LogP contribution in [0.4, 0.5) is 10.8 Å². The average Bonchev–Trinajstić information content (AvgIpc) is 2.98. The van der Waals surface area contributed by atoms with Crippen LogP contribution in [0.1, 0.15) is 17.0 Å². The molecular formula is C15H19N5O4S. The van der Waals surface area contributed by atoms with Crippen molar-refractivity contribution in [2.75, 3.05) is 26.0 Å². The maximum Gasteiger partial charge on any atom is 0.329 e. The van der Waals surface area contributed by atoms with Crippen LogP contribution in [0.15, 0.2) is 27.6 Å². The number of nitrogens with one attached hydrogen (secondary N) is 1. The molecule has 0 saturated heterocycles. The number of benzene rings is 1. The molecule has 3 rings (SSSR count). The van der Waals surface area contributed by atoms with E-state index < -0.39 is 10.0 Å². The summed E-state index contributed by atoms with van der Waals surface area (Å²) >= 11 is 0. The van der Waals surface area contributed by atoms with Crippen LogP contribution >= 0.6 is 0 Å². The molecule has 2 amide bonds. The number of hydrogen-bond donors (Lipinski definition) is 1. The van der Waals surface area contributed by atoms with Gasteiger partial charge in [0.1, 0.15) is 0 Å². The highest BCUT2D eigenvalue weighted by Crippen LogP contribution is 2.27. The van der Waals surface area contributed by atoms with E-state index in [1.54, 1.807) is 24.0 Å². The first-order valence-corrected chi connectivity index (χ1v) is 9.12. The summed E-state index contributed by atoms with van der Waals surface area (Å²) in [5.41, 5.74) is 1.57. The highest BCUT2D eigenvalue weighted by molar-refractivity contribution is 7.89. The molecule has 0 aliphatic carbocycles. The summed E-state index contributed by atoms with van der Waals surface area (Å²) in [5.74, 6) is 0.429. The van der Waals surface area contributed by atoms with Crippen molar-refractivity contribution in [1.82, 2.24) is 19.3 Å². The summed E-state index contributed by atoms with van der Waals surface area (Å²) in [6, 6.07) is 4.80. The van der Waals surface area contributed by atoms with Gasteiger partial charge in [-0.3, -0.25) is 5.32 Å². The lowest BCUT2D eigenvalue weighted by atomic mass is 10.00. The van der Waals surface area contributed by atoms with Crippen molar-refractivity contribution >= 4 is 22.1 Å². The number of fused-ring (bicyclic) bond motifs is 1. The number of sulfonamides is 1. The average molecular weight is 365 g/mol. The summed E-state index contributed by atoms with van der Waals surface area (Å²) < 4.78 is 31.0. The summed E-state index contributed by atoms with van der Waals surface area (Å²) in [6.45, 7) is 2.36. The van der Waals surface area contributed by atoms with Crippen molar-refractivity contribution in [3.05, 3.63) is 35.2 Å². The van der Waals surface area contributed by atoms with Crippen molar-refractivity contribution in [3.63, 3.8) is 0 Å². The number of aryl methyl sites for hydroxylation is 1. The van der Waals surface area contributed by atoms with E-state index in [2.05, 4.69) is 15.5 Å². The second-order valence-corrected chi connectivity index (χ2v) is 8.05. The Morgan fingerprint density at radius 3 is 2.76 bits per heavy atom. The van der Waals surface area contributed by atoms with Gasteiger partial charge in [0.2, 0.25) is 10.0 Å². The van der Waals surface area contributed by atoms with Gasteiger partial charge in [0.25, 0.3) is 0 Å². The zero-order valence-corrected chi connectivity index (χ0v) is 15.0. The first-order valence-electron chi connectivity index (χ1n) is 7.68. The van der Waals surface area contributed by atoms with Crippen LogP contribution in [0.2, 0.25) is 0 Å². The lowest BCUT2D eigenvalue weighted by Gasteiger charge is -2.30. The molecule has 0 unspecified atom stereocenters. The summed E-state index contributed by atoms with van der Waals surface area (Å²) in [7, 11) is -0.514. The Hall–Kier alpha value is -2.46. The fraction of sp³-hybridized carbons (Fsp3) is 0.400. The lowest BCUT2D eigenvalue weighted by molar-refractivity contribution is 0.205. The highest BCUT2D eigenvalue weighted by atomic mass is 32.2. The Morgan fingerprint density at radius 1 is 1.36 bits per heavy atom. The number of carbonyl (C=O) groups excluding carboxylic acids is 1. The Labute approximate surface area is 145 Å². The molecule has 1 aliphatic heterocycles. The monoisotopic (exact) mass is 365 g/mol. The van der Waals surface area contributed by atoms with Crippen molar-refractivity contribution in [2.24, 2.45) is 0 Å². The predicted molar refractivity (Wildman–Crippen MR) is 89.5 cm³/mol. The fourth-order valence-electron chi connectivity index (χ4n) is 2.70. The van der Waals surface area contributed by atoms with Gasteiger partial charge in [-0.05, 0) is 30.5 Å². The van der Waals surface area contributed by atoms with Gasteiger partial charge in [0, 0.05) is 27.2 Å². The molecule has 1 N–H and O–H groups in total. The summed E-state index contributed by atoms with van der Waals surface area (Å²) in [4.78, 5) is 18.1. The minimum atomic E-state index is -3.52. The molecule has 2 aromatic rings.